The second kappa shape index (κ2) is 5.35. The average Bonchev–Trinajstić information content (AvgIpc) is 2.79. The minimum absolute atomic E-state index is 0.373. The highest BCUT2D eigenvalue weighted by Gasteiger charge is 2.13. The molecule has 0 amide bonds. The van der Waals surface area contributed by atoms with Crippen LogP contribution in [-0.4, -0.2) is 23.1 Å². The zero-order chi connectivity index (χ0) is 13.1. The number of anilines is 2. The molecule has 0 aromatic carbocycles. The molecule has 2 aromatic rings. The number of hydrogen-bond donors (Lipinski definition) is 1. The summed E-state index contributed by atoms with van der Waals surface area (Å²) in [6.45, 7) is 4.05. The summed E-state index contributed by atoms with van der Waals surface area (Å²) in [5, 5.41) is 2.11. The van der Waals surface area contributed by atoms with Crippen LogP contribution in [-0.2, 0) is 6.42 Å². The molecule has 0 fully saturated rings. The van der Waals surface area contributed by atoms with Gasteiger partial charge < -0.3 is 10.6 Å². The van der Waals surface area contributed by atoms with Crippen molar-refractivity contribution in [3.8, 4) is 0 Å². The molecule has 0 saturated heterocycles. The quantitative estimate of drug-likeness (QED) is 0.919. The fourth-order valence-electron chi connectivity index (χ4n) is 1.84. The van der Waals surface area contributed by atoms with Crippen molar-refractivity contribution in [1.82, 2.24) is 9.97 Å². The number of nitrogens with two attached hydrogens (primary N) is 1. The van der Waals surface area contributed by atoms with Crippen LogP contribution in [0.2, 0.25) is 0 Å². The van der Waals surface area contributed by atoms with E-state index in [-0.39, 0.29) is 0 Å². The van der Waals surface area contributed by atoms with Gasteiger partial charge in [-0.25, -0.2) is 9.97 Å². The van der Waals surface area contributed by atoms with Crippen LogP contribution < -0.4 is 10.6 Å². The van der Waals surface area contributed by atoms with Crippen molar-refractivity contribution < 1.29 is 0 Å². The number of hydrogen-bond acceptors (Lipinski definition) is 5. The zero-order valence-electron chi connectivity index (χ0n) is 10.9. The molecule has 0 spiro atoms. The first-order chi connectivity index (χ1) is 8.56. The van der Waals surface area contributed by atoms with Gasteiger partial charge in [0.15, 0.2) is 0 Å². The first kappa shape index (κ1) is 12.8. The van der Waals surface area contributed by atoms with Crippen molar-refractivity contribution in [3.63, 3.8) is 0 Å². The molecule has 2 aromatic heterocycles. The van der Waals surface area contributed by atoms with Crippen molar-refractivity contribution >= 4 is 23.0 Å². The Morgan fingerprint density at radius 3 is 2.83 bits per heavy atom. The number of nitrogen functional groups attached to an aromatic ring is 1. The van der Waals surface area contributed by atoms with Crippen LogP contribution in [0.15, 0.2) is 23.6 Å². The highest BCUT2D eigenvalue weighted by molar-refractivity contribution is 7.09. The van der Waals surface area contributed by atoms with Gasteiger partial charge in [0.1, 0.15) is 17.5 Å². The molecule has 0 bridgehead atoms. The first-order valence-corrected chi connectivity index (χ1v) is 6.80. The normalized spacial score (nSPS) is 12.4. The van der Waals surface area contributed by atoms with E-state index >= 15 is 0 Å². The number of likely N-dealkylation sites (N-methyl/N-ethyl adjacent to an activating group) is 1. The summed E-state index contributed by atoms with van der Waals surface area (Å²) in [5.41, 5.74) is 5.76. The highest BCUT2D eigenvalue weighted by atomic mass is 32.1. The molecule has 0 aliphatic heterocycles. The summed E-state index contributed by atoms with van der Waals surface area (Å²) in [6, 6.07) is 6.43. The minimum atomic E-state index is 0.373. The molecule has 0 saturated carbocycles. The lowest BCUT2D eigenvalue weighted by Gasteiger charge is -2.26. The van der Waals surface area contributed by atoms with Gasteiger partial charge in [-0.2, -0.15) is 0 Å². The van der Waals surface area contributed by atoms with E-state index in [1.807, 2.05) is 20.0 Å². The van der Waals surface area contributed by atoms with E-state index in [1.54, 1.807) is 11.3 Å². The number of aromatic nitrogens is 2. The molecule has 1 unspecified atom stereocenters. The predicted octanol–water partition coefficient (Wildman–Crippen LogP) is 2.50. The van der Waals surface area contributed by atoms with Gasteiger partial charge in [-0.3, -0.25) is 0 Å². The molecule has 2 rings (SSSR count). The molecule has 0 aliphatic carbocycles. The third-order valence-corrected chi connectivity index (χ3v) is 3.84. The first-order valence-electron chi connectivity index (χ1n) is 5.92. The van der Waals surface area contributed by atoms with E-state index in [4.69, 9.17) is 5.73 Å². The lowest BCUT2D eigenvalue weighted by molar-refractivity contribution is 0.678. The summed E-state index contributed by atoms with van der Waals surface area (Å²) in [5.74, 6) is 2.11. The largest absolute Gasteiger partial charge is 0.384 e. The van der Waals surface area contributed by atoms with Crippen LogP contribution in [0.3, 0.4) is 0 Å². The Hall–Kier alpha value is -1.62. The Kier molecular flexibility index (Phi) is 3.81. The van der Waals surface area contributed by atoms with Crippen LogP contribution >= 0.6 is 11.3 Å². The Bertz CT molecular complexity index is 489. The number of nitrogens with zero attached hydrogens (tertiary/aromatic N) is 3. The number of rotatable bonds is 4. The predicted molar refractivity (Wildman–Crippen MR) is 77.1 cm³/mol. The van der Waals surface area contributed by atoms with Crippen molar-refractivity contribution in [2.24, 2.45) is 0 Å². The van der Waals surface area contributed by atoms with Crippen molar-refractivity contribution in [1.29, 1.82) is 0 Å². The van der Waals surface area contributed by atoms with Crippen molar-refractivity contribution in [2.45, 2.75) is 26.3 Å². The molecular formula is C13H18N4S. The zero-order valence-corrected chi connectivity index (χ0v) is 11.7. The average molecular weight is 262 g/mol. The van der Waals surface area contributed by atoms with Crippen LogP contribution in [0, 0.1) is 6.92 Å². The van der Waals surface area contributed by atoms with Gasteiger partial charge in [0.25, 0.3) is 0 Å². The summed E-state index contributed by atoms with van der Waals surface area (Å²) in [7, 11) is 2.04. The monoisotopic (exact) mass is 262 g/mol. The van der Waals surface area contributed by atoms with Crippen molar-refractivity contribution in [2.75, 3.05) is 17.7 Å². The van der Waals surface area contributed by atoms with E-state index in [1.165, 1.54) is 4.88 Å². The van der Waals surface area contributed by atoms with Gasteiger partial charge in [0.2, 0.25) is 0 Å². The van der Waals surface area contributed by atoms with Gasteiger partial charge in [-0.1, -0.05) is 6.07 Å². The van der Waals surface area contributed by atoms with Crippen LogP contribution in [0.25, 0.3) is 0 Å². The molecule has 0 radical (unpaired) electrons. The minimum Gasteiger partial charge on any atom is -0.384 e. The summed E-state index contributed by atoms with van der Waals surface area (Å²) < 4.78 is 0. The summed E-state index contributed by atoms with van der Waals surface area (Å²) >= 11 is 1.79. The van der Waals surface area contributed by atoms with Gasteiger partial charge >= 0.3 is 0 Å². The second-order valence-corrected chi connectivity index (χ2v) is 5.47. The Morgan fingerprint density at radius 2 is 2.22 bits per heavy atom. The SMILES string of the molecule is Cc1nc(N)cc(N(C)C(C)Cc2cccs2)n1. The van der Waals surface area contributed by atoms with Crippen molar-refractivity contribution in [3.05, 3.63) is 34.3 Å². The fourth-order valence-corrected chi connectivity index (χ4v) is 2.66. The maximum absolute atomic E-state index is 5.76. The smallest absolute Gasteiger partial charge is 0.134 e. The maximum Gasteiger partial charge on any atom is 0.134 e. The molecule has 0 aliphatic rings. The molecule has 2 heterocycles. The summed E-state index contributed by atoms with van der Waals surface area (Å²) in [4.78, 5) is 12.0. The van der Waals surface area contributed by atoms with Crippen LogP contribution in [0.4, 0.5) is 11.6 Å². The number of aryl methyl sites for hydroxylation is 1. The van der Waals surface area contributed by atoms with Gasteiger partial charge in [-0.15, -0.1) is 11.3 Å². The maximum atomic E-state index is 5.76. The lowest BCUT2D eigenvalue weighted by Crippen LogP contribution is -2.31. The molecule has 1 atom stereocenters. The van der Waals surface area contributed by atoms with E-state index in [0.29, 0.717) is 17.7 Å². The standard InChI is InChI=1S/C13H18N4S/c1-9(7-11-5-4-6-18-11)17(3)13-8-12(14)15-10(2)16-13/h4-6,8-9H,7H2,1-3H3,(H2,14,15,16). The molecule has 18 heavy (non-hydrogen) atoms. The molecule has 5 heteroatoms. The Balaban J connectivity index is 2.12. The molecular weight excluding hydrogens is 244 g/mol. The lowest BCUT2D eigenvalue weighted by atomic mass is 10.2. The van der Waals surface area contributed by atoms with Gasteiger partial charge in [0.05, 0.1) is 0 Å². The molecule has 4 nitrogen and oxygen atoms in total. The second-order valence-electron chi connectivity index (χ2n) is 4.44. The third kappa shape index (κ3) is 2.98. The van der Waals surface area contributed by atoms with E-state index < -0.39 is 0 Å². The van der Waals surface area contributed by atoms with E-state index in [9.17, 15) is 0 Å². The Morgan fingerprint density at radius 1 is 1.44 bits per heavy atom. The van der Waals surface area contributed by atoms with Crippen LogP contribution in [0.5, 0.6) is 0 Å². The Labute approximate surface area is 111 Å². The van der Waals surface area contributed by atoms with E-state index in [2.05, 4.69) is 39.3 Å². The van der Waals surface area contributed by atoms with Gasteiger partial charge in [-0.05, 0) is 25.3 Å². The molecule has 2 N–H and O–H groups in total. The van der Waals surface area contributed by atoms with Gasteiger partial charge in [0, 0.05) is 30.5 Å². The number of thiophene rings is 1. The topological polar surface area (TPSA) is 55.0 Å². The fraction of sp³-hybridized carbons (Fsp3) is 0.385. The third-order valence-electron chi connectivity index (χ3n) is 2.94. The van der Waals surface area contributed by atoms with Crippen LogP contribution in [0.1, 0.15) is 17.6 Å². The molecule has 96 valence electrons. The van der Waals surface area contributed by atoms with E-state index in [0.717, 1.165) is 12.2 Å². The highest BCUT2D eigenvalue weighted by Crippen LogP contribution is 2.19. The summed E-state index contributed by atoms with van der Waals surface area (Å²) in [6.07, 6.45) is 1.01.